The topological polar surface area (TPSA) is 81.8 Å². The first-order valence-electron chi connectivity index (χ1n) is 12.0. The monoisotopic (exact) mass is 563 g/mol. The van der Waals surface area contributed by atoms with Gasteiger partial charge in [-0.05, 0) is 68.0 Å². The van der Waals surface area contributed by atoms with E-state index in [2.05, 4.69) is 15.3 Å². The van der Waals surface area contributed by atoms with Gasteiger partial charge in [0.25, 0.3) is 12.3 Å². The lowest BCUT2D eigenvalue weighted by Gasteiger charge is -2.29. The SMILES string of the molecule is O=C(NC1CCC(Cn2c(=O)n(-c3cc(F)ccc3Cl)c3cccnc32)CC1)c1cc(Cl)cnc1C(F)F. The van der Waals surface area contributed by atoms with Crippen molar-refractivity contribution in [3.8, 4) is 5.69 Å². The van der Waals surface area contributed by atoms with E-state index in [0.29, 0.717) is 43.4 Å². The highest BCUT2D eigenvalue weighted by atomic mass is 35.5. The third kappa shape index (κ3) is 5.15. The molecule has 7 nitrogen and oxygen atoms in total. The Hall–Kier alpha value is -3.37. The van der Waals surface area contributed by atoms with Crippen LogP contribution in [0.5, 0.6) is 0 Å². The summed E-state index contributed by atoms with van der Waals surface area (Å²) >= 11 is 12.2. The van der Waals surface area contributed by atoms with E-state index in [-0.39, 0.29) is 38.9 Å². The predicted molar refractivity (Wildman–Crippen MR) is 138 cm³/mol. The zero-order valence-electron chi connectivity index (χ0n) is 19.9. The average Bonchev–Trinajstić information content (AvgIpc) is 3.17. The highest BCUT2D eigenvalue weighted by Crippen LogP contribution is 2.29. The minimum atomic E-state index is -2.90. The molecular weight excluding hydrogens is 542 g/mol. The van der Waals surface area contributed by atoms with E-state index >= 15 is 0 Å². The van der Waals surface area contributed by atoms with Crippen LogP contribution in [0.3, 0.4) is 0 Å². The standard InChI is InChI=1S/C26H22Cl2F3N5O2/c27-15-10-18(22(23(30)31)33-12-15)25(37)34-17-6-3-14(4-7-17)13-35-24-20(2-1-9-32-24)36(26(35)38)21-11-16(29)5-8-19(21)28/h1-2,5,8-12,14,17,23H,3-4,6-7,13H2,(H,34,37). The van der Waals surface area contributed by atoms with Crippen molar-refractivity contribution in [1.29, 1.82) is 0 Å². The molecule has 0 aliphatic heterocycles. The molecule has 198 valence electrons. The summed E-state index contributed by atoms with van der Waals surface area (Å²) in [6, 6.07) is 8.23. The van der Waals surface area contributed by atoms with Gasteiger partial charge in [0.1, 0.15) is 11.5 Å². The number of amides is 1. The normalized spacial score (nSPS) is 17.7. The van der Waals surface area contributed by atoms with Crippen LogP contribution in [-0.4, -0.2) is 31.1 Å². The van der Waals surface area contributed by atoms with Crippen molar-refractivity contribution in [1.82, 2.24) is 24.4 Å². The number of hydrogen-bond acceptors (Lipinski definition) is 4. The third-order valence-corrected chi connectivity index (χ3v) is 7.32. The Kier molecular flexibility index (Phi) is 7.45. The molecule has 1 aliphatic rings. The fourth-order valence-electron chi connectivity index (χ4n) is 4.96. The first-order valence-corrected chi connectivity index (χ1v) is 12.7. The summed E-state index contributed by atoms with van der Waals surface area (Å²) in [6.07, 6.45) is 2.35. The maximum atomic E-state index is 14.0. The van der Waals surface area contributed by atoms with Crippen LogP contribution in [0.1, 0.15) is 48.2 Å². The van der Waals surface area contributed by atoms with Crippen molar-refractivity contribution in [3.05, 3.63) is 86.4 Å². The molecule has 0 saturated heterocycles. The number of nitrogens with zero attached hydrogens (tertiary/aromatic N) is 4. The average molecular weight is 564 g/mol. The Morgan fingerprint density at radius 2 is 1.87 bits per heavy atom. The Labute approximate surface area is 225 Å². The van der Waals surface area contributed by atoms with Gasteiger partial charge < -0.3 is 5.32 Å². The molecule has 1 fully saturated rings. The Morgan fingerprint density at radius 3 is 2.61 bits per heavy atom. The van der Waals surface area contributed by atoms with Gasteiger partial charge in [-0.2, -0.15) is 0 Å². The van der Waals surface area contributed by atoms with Crippen LogP contribution in [0.15, 0.2) is 53.6 Å². The molecule has 1 amide bonds. The van der Waals surface area contributed by atoms with E-state index in [1.807, 2.05) is 0 Å². The molecule has 3 heterocycles. The van der Waals surface area contributed by atoms with Gasteiger partial charge in [-0.15, -0.1) is 0 Å². The Morgan fingerprint density at radius 1 is 1.11 bits per heavy atom. The van der Waals surface area contributed by atoms with Crippen LogP contribution in [0.25, 0.3) is 16.9 Å². The molecule has 1 aromatic carbocycles. The summed E-state index contributed by atoms with van der Waals surface area (Å²) in [6.45, 7) is 0.376. The van der Waals surface area contributed by atoms with Crippen molar-refractivity contribution in [2.24, 2.45) is 5.92 Å². The molecule has 0 radical (unpaired) electrons. The van der Waals surface area contributed by atoms with Gasteiger partial charge in [-0.1, -0.05) is 23.2 Å². The molecule has 4 aromatic rings. The number of carbonyl (C=O) groups is 1. The van der Waals surface area contributed by atoms with Crippen LogP contribution in [0, 0.1) is 11.7 Å². The maximum absolute atomic E-state index is 14.0. The number of fused-ring (bicyclic) bond motifs is 1. The van der Waals surface area contributed by atoms with Crippen molar-refractivity contribution in [2.45, 2.75) is 44.7 Å². The largest absolute Gasteiger partial charge is 0.349 e. The molecule has 1 saturated carbocycles. The molecule has 3 aromatic heterocycles. The fraction of sp³-hybridized carbons (Fsp3) is 0.308. The number of alkyl halides is 2. The Bertz CT molecular complexity index is 1560. The van der Waals surface area contributed by atoms with Crippen molar-refractivity contribution in [2.75, 3.05) is 0 Å². The van der Waals surface area contributed by atoms with Gasteiger partial charge in [0, 0.05) is 25.0 Å². The molecule has 38 heavy (non-hydrogen) atoms. The number of nitrogens with one attached hydrogen (secondary N) is 1. The molecular formula is C26H22Cl2F3N5O2. The highest BCUT2D eigenvalue weighted by molar-refractivity contribution is 6.32. The third-order valence-electron chi connectivity index (χ3n) is 6.79. The van der Waals surface area contributed by atoms with Crippen molar-refractivity contribution >= 4 is 40.3 Å². The van der Waals surface area contributed by atoms with Gasteiger partial charge in [-0.25, -0.2) is 22.9 Å². The van der Waals surface area contributed by atoms with Crippen molar-refractivity contribution < 1.29 is 18.0 Å². The first kappa shape index (κ1) is 26.2. The number of halogens is 5. The molecule has 1 N–H and O–H groups in total. The summed E-state index contributed by atoms with van der Waals surface area (Å²) in [5.74, 6) is -1.06. The number of hydrogen-bond donors (Lipinski definition) is 1. The van der Waals surface area contributed by atoms with Gasteiger partial charge in [0.15, 0.2) is 5.65 Å². The summed E-state index contributed by atoms with van der Waals surface area (Å²) in [5.41, 5.74) is -0.0244. The maximum Gasteiger partial charge on any atom is 0.335 e. The number of benzene rings is 1. The lowest BCUT2D eigenvalue weighted by Crippen LogP contribution is -2.39. The number of carbonyl (C=O) groups excluding carboxylic acids is 1. The lowest BCUT2D eigenvalue weighted by atomic mass is 9.86. The van der Waals surface area contributed by atoms with Crippen molar-refractivity contribution in [3.63, 3.8) is 0 Å². The van der Waals surface area contributed by atoms with Crippen LogP contribution in [0.2, 0.25) is 10.0 Å². The van der Waals surface area contributed by atoms with Gasteiger partial charge >= 0.3 is 5.69 Å². The second-order valence-corrected chi connectivity index (χ2v) is 10.1. The minimum Gasteiger partial charge on any atom is -0.349 e. The van der Waals surface area contributed by atoms with E-state index in [0.717, 1.165) is 6.20 Å². The number of rotatable bonds is 6. The molecule has 12 heteroatoms. The molecule has 1 aliphatic carbocycles. The zero-order chi connectivity index (χ0) is 27.0. The van der Waals surface area contributed by atoms with Crippen LogP contribution in [0.4, 0.5) is 13.2 Å². The molecule has 0 atom stereocenters. The van der Waals surface area contributed by atoms with E-state index in [9.17, 15) is 22.8 Å². The first-order chi connectivity index (χ1) is 18.2. The second-order valence-electron chi connectivity index (χ2n) is 9.25. The van der Waals surface area contributed by atoms with Crippen LogP contribution >= 0.6 is 23.2 Å². The van der Waals surface area contributed by atoms with E-state index in [1.54, 1.807) is 22.9 Å². The van der Waals surface area contributed by atoms with Crippen LogP contribution < -0.4 is 11.0 Å². The van der Waals surface area contributed by atoms with E-state index in [1.165, 1.54) is 28.8 Å². The zero-order valence-corrected chi connectivity index (χ0v) is 21.4. The summed E-state index contributed by atoms with van der Waals surface area (Å²) in [5, 5.41) is 3.15. The molecule has 0 spiro atoms. The highest BCUT2D eigenvalue weighted by Gasteiger charge is 2.27. The quantitative estimate of drug-likeness (QED) is 0.314. The van der Waals surface area contributed by atoms with Crippen LogP contribution in [-0.2, 0) is 6.54 Å². The Balaban J connectivity index is 1.32. The fourth-order valence-corrected chi connectivity index (χ4v) is 5.32. The number of pyridine rings is 2. The number of aromatic nitrogens is 4. The van der Waals surface area contributed by atoms with Gasteiger partial charge in [0.2, 0.25) is 0 Å². The number of imidazole rings is 1. The van der Waals surface area contributed by atoms with E-state index in [4.69, 9.17) is 23.2 Å². The predicted octanol–water partition coefficient (Wildman–Crippen LogP) is 5.95. The summed E-state index contributed by atoms with van der Waals surface area (Å²) in [7, 11) is 0. The molecule has 5 rings (SSSR count). The summed E-state index contributed by atoms with van der Waals surface area (Å²) < 4.78 is 43.5. The lowest BCUT2D eigenvalue weighted by molar-refractivity contribution is 0.0904. The smallest absolute Gasteiger partial charge is 0.335 e. The molecule has 0 bridgehead atoms. The minimum absolute atomic E-state index is 0.0981. The van der Waals surface area contributed by atoms with Gasteiger partial charge in [0.05, 0.1) is 26.8 Å². The van der Waals surface area contributed by atoms with Gasteiger partial charge in [-0.3, -0.25) is 18.9 Å². The van der Waals surface area contributed by atoms with E-state index < -0.39 is 23.8 Å². The molecule has 0 unspecified atom stereocenters. The summed E-state index contributed by atoms with van der Waals surface area (Å²) in [4.78, 5) is 34.2. The second kappa shape index (κ2) is 10.8.